The van der Waals surface area contributed by atoms with E-state index in [0.717, 1.165) is 6.04 Å². The van der Waals surface area contributed by atoms with E-state index >= 15 is 0 Å². The van der Waals surface area contributed by atoms with Gasteiger partial charge in [0.25, 0.3) is 0 Å². The van der Waals surface area contributed by atoms with Crippen LogP contribution in [0.2, 0.25) is 0 Å². The molecule has 0 bridgehead atoms. The molecule has 1 saturated heterocycles. The normalized spacial score (nSPS) is 22.6. The second kappa shape index (κ2) is 5.86. The minimum atomic E-state index is 0.331. The highest BCUT2D eigenvalue weighted by Crippen LogP contribution is 2.16. The van der Waals surface area contributed by atoms with Crippen molar-refractivity contribution in [3.8, 4) is 0 Å². The van der Waals surface area contributed by atoms with Crippen LogP contribution < -0.4 is 5.32 Å². The van der Waals surface area contributed by atoms with Gasteiger partial charge in [0.15, 0.2) is 0 Å². The van der Waals surface area contributed by atoms with Crippen LogP contribution in [-0.4, -0.2) is 36.1 Å². The summed E-state index contributed by atoms with van der Waals surface area (Å²) in [4.78, 5) is 2.57. The molecule has 90 valence electrons. The second-order valence-electron chi connectivity index (χ2n) is 5.69. The van der Waals surface area contributed by atoms with Gasteiger partial charge in [-0.1, -0.05) is 6.92 Å². The molecule has 0 spiro atoms. The molecular weight excluding hydrogens is 184 g/mol. The standard InChI is InChI=1S/C13H28N2/c1-5-15(13(2,3)4)11-7-9-12-8-6-10-14-12/h12,14H,5-11H2,1-4H3. The van der Waals surface area contributed by atoms with Gasteiger partial charge < -0.3 is 5.32 Å². The predicted molar refractivity (Wildman–Crippen MR) is 67.3 cm³/mol. The fourth-order valence-corrected chi connectivity index (χ4v) is 2.50. The van der Waals surface area contributed by atoms with Crippen LogP contribution >= 0.6 is 0 Å². The topological polar surface area (TPSA) is 15.3 Å². The molecule has 1 atom stereocenters. The molecule has 2 nitrogen and oxygen atoms in total. The Balaban J connectivity index is 2.16. The minimum Gasteiger partial charge on any atom is -0.314 e. The van der Waals surface area contributed by atoms with E-state index in [4.69, 9.17) is 0 Å². The van der Waals surface area contributed by atoms with Crippen molar-refractivity contribution in [3.05, 3.63) is 0 Å². The Morgan fingerprint density at radius 1 is 1.33 bits per heavy atom. The van der Waals surface area contributed by atoms with Crippen LogP contribution in [0.1, 0.15) is 53.4 Å². The molecule has 2 heteroatoms. The molecule has 0 aromatic carbocycles. The van der Waals surface area contributed by atoms with Crippen molar-refractivity contribution in [1.82, 2.24) is 10.2 Å². The van der Waals surface area contributed by atoms with Crippen LogP contribution in [0.5, 0.6) is 0 Å². The zero-order valence-corrected chi connectivity index (χ0v) is 11.0. The maximum atomic E-state index is 3.57. The van der Waals surface area contributed by atoms with Gasteiger partial charge in [0.1, 0.15) is 0 Å². The lowest BCUT2D eigenvalue weighted by Gasteiger charge is -2.35. The van der Waals surface area contributed by atoms with E-state index in [1.165, 1.54) is 45.3 Å². The van der Waals surface area contributed by atoms with Crippen molar-refractivity contribution in [2.24, 2.45) is 0 Å². The van der Waals surface area contributed by atoms with Gasteiger partial charge in [-0.2, -0.15) is 0 Å². The van der Waals surface area contributed by atoms with Gasteiger partial charge in [-0.25, -0.2) is 0 Å². The van der Waals surface area contributed by atoms with Gasteiger partial charge in [0.05, 0.1) is 0 Å². The molecule has 15 heavy (non-hydrogen) atoms. The summed E-state index contributed by atoms with van der Waals surface area (Å²) in [6.45, 7) is 12.8. The Kier molecular flexibility index (Phi) is 5.07. The zero-order valence-electron chi connectivity index (χ0n) is 11.0. The number of hydrogen-bond donors (Lipinski definition) is 1. The molecule has 0 aliphatic carbocycles. The Morgan fingerprint density at radius 3 is 2.53 bits per heavy atom. The van der Waals surface area contributed by atoms with E-state index in [-0.39, 0.29) is 0 Å². The Hall–Kier alpha value is -0.0800. The lowest BCUT2D eigenvalue weighted by molar-refractivity contribution is 0.141. The fourth-order valence-electron chi connectivity index (χ4n) is 2.50. The smallest absolute Gasteiger partial charge is 0.0124 e. The highest BCUT2D eigenvalue weighted by molar-refractivity contribution is 4.78. The van der Waals surface area contributed by atoms with E-state index in [9.17, 15) is 0 Å². The number of nitrogens with zero attached hydrogens (tertiary/aromatic N) is 1. The molecule has 1 fully saturated rings. The third kappa shape index (κ3) is 4.52. The largest absolute Gasteiger partial charge is 0.314 e. The minimum absolute atomic E-state index is 0.331. The lowest BCUT2D eigenvalue weighted by Crippen LogP contribution is -2.42. The first-order valence-electron chi connectivity index (χ1n) is 6.52. The van der Waals surface area contributed by atoms with Crippen molar-refractivity contribution in [2.45, 2.75) is 65.0 Å². The average molecular weight is 212 g/mol. The van der Waals surface area contributed by atoms with Crippen LogP contribution in [0.3, 0.4) is 0 Å². The van der Waals surface area contributed by atoms with Crippen LogP contribution in [0.15, 0.2) is 0 Å². The average Bonchev–Trinajstić information content (AvgIpc) is 2.62. The van der Waals surface area contributed by atoms with Gasteiger partial charge in [-0.15, -0.1) is 0 Å². The highest BCUT2D eigenvalue weighted by Gasteiger charge is 2.20. The summed E-state index contributed by atoms with van der Waals surface area (Å²) >= 11 is 0. The third-order valence-corrected chi connectivity index (χ3v) is 3.47. The number of nitrogens with one attached hydrogen (secondary N) is 1. The summed E-state index contributed by atoms with van der Waals surface area (Å²) in [6.07, 6.45) is 5.46. The summed E-state index contributed by atoms with van der Waals surface area (Å²) in [5.41, 5.74) is 0.331. The molecule has 1 aliphatic heterocycles. The molecule has 0 amide bonds. The van der Waals surface area contributed by atoms with Crippen molar-refractivity contribution >= 4 is 0 Å². The molecule has 0 radical (unpaired) electrons. The van der Waals surface area contributed by atoms with E-state index in [1.807, 2.05) is 0 Å². The fraction of sp³-hybridized carbons (Fsp3) is 1.00. The van der Waals surface area contributed by atoms with Crippen LogP contribution in [0, 0.1) is 0 Å². The van der Waals surface area contributed by atoms with Gasteiger partial charge in [0, 0.05) is 11.6 Å². The summed E-state index contributed by atoms with van der Waals surface area (Å²) in [6, 6.07) is 0.809. The number of rotatable bonds is 5. The van der Waals surface area contributed by atoms with Crippen molar-refractivity contribution in [3.63, 3.8) is 0 Å². The summed E-state index contributed by atoms with van der Waals surface area (Å²) in [5, 5.41) is 3.57. The second-order valence-corrected chi connectivity index (χ2v) is 5.69. The van der Waals surface area contributed by atoms with Crippen molar-refractivity contribution in [2.75, 3.05) is 19.6 Å². The molecular formula is C13H28N2. The molecule has 1 aliphatic rings. The monoisotopic (exact) mass is 212 g/mol. The van der Waals surface area contributed by atoms with Crippen molar-refractivity contribution < 1.29 is 0 Å². The van der Waals surface area contributed by atoms with E-state index < -0.39 is 0 Å². The molecule has 0 aromatic heterocycles. The third-order valence-electron chi connectivity index (χ3n) is 3.47. The molecule has 1 N–H and O–H groups in total. The summed E-state index contributed by atoms with van der Waals surface area (Å²) < 4.78 is 0. The molecule has 0 saturated carbocycles. The lowest BCUT2D eigenvalue weighted by atomic mass is 10.0. The van der Waals surface area contributed by atoms with Crippen molar-refractivity contribution in [1.29, 1.82) is 0 Å². The Bertz CT molecular complexity index is 166. The van der Waals surface area contributed by atoms with Crippen LogP contribution in [0.4, 0.5) is 0 Å². The zero-order chi connectivity index (χ0) is 11.3. The predicted octanol–water partition coefficient (Wildman–Crippen LogP) is 2.64. The first-order chi connectivity index (χ1) is 7.04. The van der Waals surface area contributed by atoms with Crippen LogP contribution in [-0.2, 0) is 0 Å². The number of hydrogen-bond acceptors (Lipinski definition) is 2. The van der Waals surface area contributed by atoms with Crippen LogP contribution in [0.25, 0.3) is 0 Å². The first-order valence-corrected chi connectivity index (χ1v) is 6.52. The molecule has 0 aromatic rings. The molecule has 1 unspecified atom stereocenters. The van der Waals surface area contributed by atoms with E-state index in [0.29, 0.717) is 5.54 Å². The first kappa shape index (κ1) is 13.0. The highest BCUT2D eigenvalue weighted by atomic mass is 15.2. The Morgan fingerprint density at radius 2 is 2.07 bits per heavy atom. The van der Waals surface area contributed by atoms with E-state index in [2.05, 4.69) is 37.9 Å². The summed E-state index contributed by atoms with van der Waals surface area (Å²) in [5.74, 6) is 0. The summed E-state index contributed by atoms with van der Waals surface area (Å²) in [7, 11) is 0. The maximum absolute atomic E-state index is 3.57. The molecule has 1 heterocycles. The van der Waals surface area contributed by atoms with Gasteiger partial charge >= 0.3 is 0 Å². The molecule has 1 rings (SSSR count). The quantitative estimate of drug-likeness (QED) is 0.753. The van der Waals surface area contributed by atoms with Gasteiger partial charge in [-0.3, -0.25) is 4.90 Å². The SMILES string of the molecule is CCN(CCCC1CCCN1)C(C)(C)C. The maximum Gasteiger partial charge on any atom is 0.0124 e. The van der Waals surface area contributed by atoms with E-state index in [1.54, 1.807) is 0 Å². The Labute approximate surface area is 95.4 Å². The van der Waals surface area contributed by atoms with Gasteiger partial charge in [-0.05, 0) is 66.1 Å². The van der Waals surface area contributed by atoms with Gasteiger partial charge in [0.2, 0.25) is 0 Å².